The molecule has 0 saturated heterocycles. The molecule has 5 nitrogen and oxygen atoms in total. The highest BCUT2D eigenvalue weighted by atomic mass is 16.5. The molecule has 0 saturated carbocycles. The van der Waals surface area contributed by atoms with E-state index in [1.807, 2.05) is 38.1 Å². The van der Waals surface area contributed by atoms with Crippen LogP contribution in [0.4, 0.5) is 11.4 Å². The largest absolute Gasteiger partial charge is 0.457 e. The average Bonchev–Trinajstić information content (AvgIpc) is 2.42. The Balaban J connectivity index is 2.43. The summed E-state index contributed by atoms with van der Waals surface area (Å²) in [6.07, 6.45) is 0. The first kappa shape index (κ1) is 15.2. The van der Waals surface area contributed by atoms with E-state index in [9.17, 15) is 0 Å². The van der Waals surface area contributed by atoms with Gasteiger partial charge in [-0.25, -0.2) is 0 Å². The smallest absolute Gasteiger partial charge is 0.132 e. The summed E-state index contributed by atoms with van der Waals surface area (Å²) in [6.45, 7) is 3.77. The predicted molar refractivity (Wildman–Crippen MR) is 87.0 cm³/mol. The van der Waals surface area contributed by atoms with Crippen molar-refractivity contribution in [3.63, 3.8) is 0 Å². The first-order chi connectivity index (χ1) is 9.88. The van der Waals surface area contributed by atoms with Gasteiger partial charge in [0.25, 0.3) is 0 Å². The molecule has 0 fully saturated rings. The van der Waals surface area contributed by atoms with E-state index in [0.717, 1.165) is 11.1 Å². The monoisotopic (exact) mass is 286 g/mol. The van der Waals surface area contributed by atoms with E-state index in [1.54, 1.807) is 12.1 Å². The molecule has 0 aliphatic rings. The number of anilines is 2. The third kappa shape index (κ3) is 3.45. The second-order valence-electron chi connectivity index (χ2n) is 5.27. The summed E-state index contributed by atoms with van der Waals surface area (Å²) in [5.41, 5.74) is 26.6. The molecule has 5 heteroatoms. The van der Waals surface area contributed by atoms with Gasteiger partial charge in [0, 0.05) is 34.6 Å². The van der Waals surface area contributed by atoms with Crippen LogP contribution in [0.5, 0.6) is 11.5 Å². The molecule has 2 unspecified atom stereocenters. The first-order valence-electron chi connectivity index (χ1n) is 6.86. The Bertz CT molecular complexity index is 583. The maximum absolute atomic E-state index is 6.00. The van der Waals surface area contributed by atoms with Gasteiger partial charge in [-0.3, -0.25) is 0 Å². The van der Waals surface area contributed by atoms with E-state index < -0.39 is 0 Å². The fraction of sp³-hybridized carbons (Fsp3) is 0.250. The molecule has 0 radical (unpaired) electrons. The standard InChI is InChI=1S/C16H22N4O/c1-9(17)13-7-11(19)3-5-15(13)21-16-6-4-12(20)8-14(16)10(2)18/h3-10H,17-20H2,1-2H3. The van der Waals surface area contributed by atoms with Crippen molar-refractivity contribution in [2.75, 3.05) is 11.5 Å². The van der Waals surface area contributed by atoms with Crippen LogP contribution >= 0.6 is 0 Å². The van der Waals surface area contributed by atoms with E-state index in [-0.39, 0.29) is 12.1 Å². The molecule has 0 aliphatic carbocycles. The van der Waals surface area contributed by atoms with Crippen molar-refractivity contribution in [1.29, 1.82) is 0 Å². The zero-order chi connectivity index (χ0) is 15.6. The van der Waals surface area contributed by atoms with Crippen LogP contribution in [0.25, 0.3) is 0 Å². The summed E-state index contributed by atoms with van der Waals surface area (Å²) in [4.78, 5) is 0. The van der Waals surface area contributed by atoms with Crippen molar-refractivity contribution in [3.8, 4) is 11.5 Å². The number of benzene rings is 2. The predicted octanol–water partition coefficient (Wildman–Crippen LogP) is 2.68. The van der Waals surface area contributed by atoms with Crippen molar-refractivity contribution >= 4 is 11.4 Å². The van der Waals surface area contributed by atoms with E-state index in [1.165, 1.54) is 0 Å². The SMILES string of the molecule is CC(N)c1cc(N)ccc1Oc1ccc(N)cc1C(C)N. The highest BCUT2D eigenvalue weighted by molar-refractivity contribution is 5.53. The molecule has 112 valence electrons. The van der Waals surface area contributed by atoms with Gasteiger partial charge in [-0.1, -0.05) is 0 Å². The highest BCUT2D eigenvalue weighted by Gasteiger charge is 2.14. The lowest BCUT2D eigenvalue weighted by molar-refractivity contribution is 0.462. The Labute approximate surface area is 124 Å². The van der Waals surface area contributed by atoms with Crippen LogP contribution in [0, 0.1) is 0 Å². The van der Waals surface area contributed by atoms with Crippen LogP contribution < -0.4 is 27.7 Å². The van der Waals surface area contributed by atoms with E-state index in [0.29, 0.717) is 22.9 Å². The van der Waals surface area contributed by atoms with Gasteiger partial charge in [0.1, 0.15) is 11.5 Å². The van der Waals surface area contributed by atoms with Crippen molar-refractivity contribution < 1.29 is 4.74 Å². The first-order valence-corrected chi connectivity index (χ1v) is 6.86. The number of nitrogen functional groups attached to an aromatic ring is 2. The van der Waals surface area contributed by atoms with Crippen molar-refractivity contribution in [2.24, 2.45) is 11.5 Å². The number of ether oxygens (including phenoxy) is 1. The molecular weight excluding hydrogens is 264 g/mol. The topological polar surface area (TPSA) is 113 Å². The minimum atomic E-state index is -0.184. The summed E-state index contributed by atoms with van der Waals surface area (Å²) in [6, 6.07) is 10.5. The van der Waals surface area contributed by atoms with Gasteiger partial charge in [0.05, 0.1) is 0 Å². The Morgan fingerprint density at radius 3 is 1.48 bits per heavy atom. The van der Waals surface area contributed by atoms with Crippen LogP contribution in [0.2, 0.25) is 0 Å². The molecule has 8 N–H and O–H groups in total. The van der Waals surface area contributed by atoms with Crippen molar-refractivity contribution in [3.05, 3.63) is 47.5 Å². The minimum absolute atomic E-state index is 0.184. The Hall–Kier alpha value is -2.24. The Kier molecular flexibility index (Phi) is 4.35. The summed E-state index contributed by atoms with van der Waals surface area (Å²) >= 11 is 0. The third-order valence-corrected chi connectivity index (χ3v) is 3.27. The van der Waals surface area contributed by atoms with E-state index >= 15 is 0 Å². The number of nitrogens with two attached hydrogens (primary N) is 4. The number of hydrogen-bond donors (Lipinski definition) is 4. The van der Waals surface area contributed by atoms with E-state index in [4.69, 9.17) is 27.7 Å². The van der Waals surface area contributed by atoms with Gasteiger partial charge in [-0.15, -0.1) is 0 Å². The molecular formula is C16H22N4O. The summed E-state index contributed by atoms with van der Waals surface area (Å²) in [5.74, 6) is 1.34. The molecule has 0 aliphatic heterocycles. The van der Waals surface area contributed by atoms with Gasteiger partial charge in [-0.2, -0.15) is 0 Å². The third-order valence-electron chi connectivity index (χ3n) is 3.27. The molecule has 0 aromatic heterocycles. The van der Waals surface area contributed by atoms with E-state index in [2.05, 4.69) is 0 Å². The fourth-order valence-electron chi connectivity index (χ4n) is 2.15. The lowest BCUT2D eigenvalue weighted by atomic mass is 10.1. The highest BCUT2D eigenvalue weighted by Crippen LogP contribution is 2.34. The fourth-order valence-corrected chi connectivity index (χ4v) is 2.15. The normalized spacial score (nSPS) is 13.7. The molecule has 2 aromatic carbocycles. The van der Waals surface area contributed by atoms with Gasteiger partial charge in [-0.05, 0) is 50.2 Å². The lowest BCUT2D eigenvalue weighted by Gasteiger charge is -2.18. The maximum atomic E-state index is 6.00. The van der Waals surface area contributed by atoms with Crippen molar-refractivity contribution in [2.45, 2.75) is 25.9 Å². The second kappa shape index (κ2) is 6.03. The number of hydrogen-bond acceptors (Lipinski definition) is 5. The van der Waals surface area contributed by atoms with Crippen LogP contribution in [-0.2, 0) is 0 Å². The molecule has 2 rings (SSSR count). The zero-order valence-electron chi connectivity index (χ0n) is 12.3. The van der Waals surface area contributed by atoms with Crippen LogP contribution in [0.3, 0.4) is 0 Å². The average molecular weight is 286 g/mol. The molecule has 2 atom stereocenters. The Morgan fingerprint density at radius 2 is 1.14 bits per heavy atom. The number of rotatable bonds is 4. The zero-order valence-corrected chi connectivity index (χ0v) is 12.3. The maximum Gasteiger partial charge on any atom is 0.132 e. The molecule has 0 spiro atoms. The molecule has 0 bridgehead atoms. The lowest BCUT2D eigenvalue weighted by Crippen LogP contribution is -2.10. The van der Waals surface area contributed by atoms with Gasteiger partial charge in [0.2, 0.25) is 0 Å². The molecule has 21 heavy (non-hydrogen) atoms. The van der Waals surface area contributed by atoms with Crippen LogP contribution in [0.15, 0.2) is 36.4 Å². The van der Waals surface area contributed by atoms with Crippen LogP contribution in [-0.4, -0.2) is 0 Å². The Morgan fingerprint density at radius 1 is 0.762 bits per heavy atom. The van der Waals surface area contributed by atoms with Crippen molar-refractivity contribution in [1.82, 2.24) is 0 Å². The molecule has 0 amide bonds. The van der Waals surface area contributed by atoms with Gasteiger partial charge >= 0.3 is 0 Å². The second-order valence-corrected chi connectivity index (χ2v) is 5.27. The molecule has 2 aromatic rings. The van der Waals surface area contributed by atoms with Crippen LogP contribution in [0.1, 0.15) is 37.1 Å². The quantitative estimate of drug-likeness (QED) is 0.645. The summed E-state index contributed by atoms with van der Waals surface area (Å²) < 4.78 is 6.00. The summed E-state index contributed by atoms with van der Waals surface area (Å²) in [7, 11) is 0. The van der Waals surface area contributed by atoms with Gasteiger partial charge in [0.15, 0.2) is 0 Å². The molecule has 0 heterocycles. The summed E-state index contributed by atoms with van der Waals surface area (Å²) in [5, 5.41) is 0. The van der Waals surface area contributed by atoms with Gasteiger partial charge < -0.3 is 27.7 Å². The minimum Gasteiger partial charge on any atom is -0.457 e.